The first-order chi connectivity index (χ1) is 11.8. The van der Waals surface area contributed by atoms with Gasteiger partial charge in [0.2, 0.25) is 0 Å². The van der Waals surface area contributed by atoms with Crippen LogP contribution >= 0.6 is 0 Å². The zero-order valence-corrected chi connectivity index (χ0v) is 14.0. The van der Waals surface area contributed by atoms with Crippen LogP contribution in [-0.2, 0) is 6.54 Å². The number of methoxy groups -OCH3 is 1. The molecule has 1 fully saturated rings. The SMILES string of the molecule is COc1ccc(C2CCCCCN2C(=O)NCc2ccoc2)cc1. The van der Waals surface area contributed by atoms with Gasteiger partial charge in [-0.15, -0.1) is 0 Å². The fraction of sp³-hybridized carbons (Fsp3) is 0.421. The van der Waals surface area contributed by atoms with Crippen molar-refractivity contribution in [1.82, 2.24) is 10.2 Å². The van der Waals surface area contributed by atoms with Crippen molar-refractivity contribution in [2.45, 2.75) is 38.3 Å². The van der Waals surface area contributed by atoms with Crippen LogP contribution in [0.5, 0.6) is 5.75 Å². The van der Waals surface area contributed by atoms with Gasteiger partial charge in [-0.1, -0.05) is 25.0 Å². The first-order valence-corrected chi connectivity index (χ1v) is 8.47. The maximum atomic E-state index is 12.7. The van der Waals surface area contributed by atoms with Crippen molar-refractivity contribution < 1.29 is 13.9 Å². The highest BCUT2D eigenvalue weighted by Crippen LogP contribution is 2.31. The normalized spacial score (nSPS) is 18.0. The molecule has 1 aliphatic rings. The molecule has 0 aliphatic carbocycles. The van der Waals surface area contributed by atoms with Crippen LogP contribution in [0.2, 0.25) is 0 Å². The fourth-order valence-corrected chi connectivity index (χ4v) is 3.20. The summed E-state index contributed by atoms with van der Waals surface area (Å²) in [5.41, 5.74) is 2.13. The van der Waals surface area contributed by atoms with Crippen molar-refractivity contribution in [3.05, 3.63) is 54.0 Å². The van der Waals surface area contributed by atoms with Crippen LogP contribution < -0.4 is 10.1 Å². The van der Waals surface area contributed by atoms with Gasteiger partial charge in [-0.25, -0.2) is 4.79 Å². The Morgan fingerprint density at radius 1 is 1.25 bits per heavy atom. The van der Waals surface area contributed by atoms with E-state index in [4.69, 9.17) is 9.15 Å². The van der Waals surface area contributed by atoms with Gasteiger partial charge in [0.15, 0.2) is 0 Å². The van der Waals surface area contributed by atoms with Gasteiger partial charge in [0, 0.05) is 18.7 Å². The number of rotatable bonds is 4. The molecule has 1 aliphatic heterocycles. The van der Waals surface area contributed by atoms with E-state index < -0.39 is 0 Å². The zero-order valence-electron chi connectivity index (χ0n) is 14.0. The van der Waals surface area contributed by atoms with Crippen molar-refractivity contribution in [1.29, 1.82) is 0 Å². The summed E-state index contributed by atoms with van der Waals surface area (Å²) in [4.78, 5) is 14.7. The smallest absolute Gasteiger partial charge is 0.318 e. The Labute approximate surface area is 142 Å². The fourth-order valence-electron chi connectivity index (χ4n) is 3.20. The molecule has 0 bridgehead atoms. The van der Waals surface area contributed by atoms with Crippen molar-refractivity contribution in [2.75, 3.05) is 13.7 Å². The van der Waals surface area contributed by atoms with E-state index in [2.05, 4.69) is 17.4 Å². The van der Waals surface area contributed by atoms with E-state index in [1.807, 2.05) is 23.1 Å². The van der Waals surface area contributed by atoms with Gasteiger partial charge in [-0.3, -0.25) is 0 Å². The minimum absolute atomic E-state index is 0.0149. The molecule has 1 saturated heterocycles. The standard InChI is InChI=1S/C19H24N2O3/c1-23-17-8-6-16(7-9-17)18-5-3-2-4-11-21(18)19(22)20-13-15-10-12-24-14-15/h6-10,12,14,18H,2-5,11,13H2,1H3,(H,20,22). The lowest BCUT2D eigenvalue weighted by atomic mass is 10.0. The van der Waals surface area contributed by atoms with Gasteiger partial charge in [0.25, 0.3) is 0 Å². The number of likely N-dealkylation sites (tertiary alicyclic amines) is 1. The molecule has 5 heteroatoms. The van der Waals surface area contributed by atoms with Crippen LogP contribution in [0, 0.1) is 0 Å². The molecule has 128 valence electrons. The third kappa shape index (κ3) is 3.91. The molecule has 2 amide bonds. The Hall–Kier alpha value is -2.43. The first-order valence-electron chi connectivity index (χ1n) is 8.47. The number of carbonyl (C=O) groups is 1. The molecule has 5 nitrogen and oxygen atoms in total. The number of hydrogen-bond donors (Lipinski definition) is 1. The van der Waals surface area contributed by atoms with Crippen molar-refractivity contribution in [3.63, 3.8) is 0 Å². The number of hydrogen-bond acceptors (Lipinski definition) is 3. The summed E-state index contributed by atoms with van der Waals surface area (Å²) >= 11 is 0. The molecule has 2 aromatic rings. The van der Waals surface area contributed by atoms with E-state index in [-0.39, 0.29) is 12.1 Å². The molecular formula is C19H24N2O3. The van der Waals surface area contributed by atoms with Crippen molar-refractivity contribution in [2.24, 2.45) is 0 Å². The number of urea groups is 1. The lowest BCUT2D eigenvalue weighted by molar-refractivity contribution is 0.175. The average molecular weight is 328 g/mol. The number of nitrogens with one attached hydrogen (secondary N) is 1. The van der Waals surface area contributed by atoms with Crippen LogP contribution in [-0.4, -0.2) is 24.6 Å². The Bertz CT molecular complexity index is 637. The van der Waals surface area contributed by atoms with E-state index in [1.54, 1.807) is 19.6 Å². The summed E-state index contributed by atoms with van der Waals surface area (Å²) in [6, 6.07) is 10.0. The Morgan fingerprint density at radius 2 is 2.08 bits per heavy atom. The van der Waals surface area contributed by atoms with Gasteiger partial charge < -0.3 is 19.4 Å². The number of nitrogens with zero attached hydrogens (tertiary/aromatic N) is 1. The van der Waals surface area contributed by atoms with Gasteiger partial charge >= 0.3 is 6.03 Å². The molecule has 1 N–H and O–H groups in total. The molecule has 1 atom stereocenters. The van der Waals surface area contributed by atoms with Gasteiger partial charge in [-0.05, 0) is 36.6 Å². The molecular weight excluding hydrogens is 304 g/mol. The number of furan rings is 1. The van der Waals surface area contributed by atoms with E-state index in [9.17, 15) is 4.79 Å². The number of carbonyl (C=O) groups excluding carboxylic acids is 1. The maximum Gasteiger partial charge on any atom is 0.318 e. The van der Waals surface area contributed by atoms with Crippen LogP contribution in [0.4, 0.5) is 4.79 Å². The topological polar surface area (TPSA) is 54.7 Å². The van der Waals surface area contributed by atoms with Crippen LogP contribution in [0.1, 0.15) is 42.9 Å². The number of amides is 2. The number of ether oxygens (including phenoxy) is 1. The summed E-state index contributed by atoms with van der Waals surface area (Å²) in [6.45, 7) is 1.27. The van der Waals surface area contributed by atoms with Crippen LogP contribution in [0.15, 0.2) is 47.3 Å². The predicted molar refractivity (Wildman–Crippen MR) is 91.9 cm³/mol. The molecule has 2 heterocycles. The highest BCUT2D eigenvalue weighted by atomic mass is 16.5. The molecule has 0 spiro atoms. The van der Waals surface area contributed by atoms with E-state index in [1.165, 1.54) is 0 Å². The highest BCUT2D eigenvalue weighted by molar-refractivity contribution is 5.74. The molecule has 1 unspecified atom stereocenters. The lowest BCUT2D eigenvalue weighted by Crippen LogP contribution is -2.41. The van der Waals surface area contributed by atoms with Gasteiger partial charge in [-0.2, -0.15) is 0 Å². The lowest BCUT2D eigenvalue weighted by Gasteiger charge is -2.30. The molecule has 0 radical (unpaired) electrons. The van der Waals surface area contributed by atoms with E-state index in [0.29, 0.717) is 6.54 Å². The summed E-state index contributed by atoms with van der Waals surface area (Å²) in [5.74, 6) is 0.836. The summed E-state index contributed by atoms with van der Waals surface area (Å²) in [5, 5.41) is 3.01. The highest BCUT2D eigenvalue weighted by Gasteiger charge is 2.26. The molecule has 0 saturated carbocycles. The summed E-state index contributed by atoms with van der Waals surface area (Å²) in [6.07, 6.45) is 7.62. The Kier molecular flexibility index (Phi) is 5.41. The quantitative estimate of drug-likeness (QED) is 0.918. The second kappa shape index (κ2) is 7.90. The van der Waals surface area contributed by atoms with Crippen molar-refractivity contribution in [3.8, 4) is 5.75 Å². The van der Waals surface area contributed by atoms with Gasteiger partial charge in [0.1, 0.15) is 5.75 Å². The number of benzene rings is 1. The molecule has 1 aromatic heterocycles. The second-order valence-electron chi connectivity index (χ2n) is 6.12. The minimum atomic E-state index is -0.0149. The molecule has 1 aromatic carbocycles. The zero-order chi connectivity index (χ0) is 16.8. The second-order valence-corrected chi connectivity index (χ2v) is 6.12. The minimum Gasteiger partial charge on any atom is -0.497 e. The molecule has 3 rings (SSSR count). The summed E-state index contributed by atoms with van der Waals surface area (Å²) < 4.78 is 10.3. The van der Waals surface area contributed by atoms with Gasteiger partial charge in [0.05, 0.1) is 25.7 Å². The van der Waals surface area contributed by atoms with E-state index in [0.717, 1.165) is 49.1 Å². The predicted octanol–water partition coefficient (Wildman–Crippen LogP) is 4.12. The third-order valence-corrected chi connectivity index (χ3v) is 4.54. The Balaban J connectivity index is 1.72. The summed E-state index contributed by atoms with van der Waals surface area (Å²) in [7, 11) is 1.66. The molecule has 24 heavy (non-hydrogen) atoms. The maximum absolute atomic E-state index is 12.7. The third-order valence-electron chi connectivity index (χ3n) is 4.54. The van der Waals surface area contributed by atoms with E-state index >= 15 is 0 Å². The first kappa shape index (κ1) is 16.4. The van der Waals surface area contributed by atoms with Crippen LogP contribution in [0.25, 0.3) is 0 Å². The average Bonchev–Trinajstić information content (AvgIpc) is 3.02. The monoisotopic (exact) mass is 328 g/mol. The van der Waals surface area contributed by atoms with Crippen LogP contribution in [0.3, 0.4) is 0 Å². The largest absolute Gasteiger partial charge is 0.497 e. The Morgan fingerprint density at radius 3 is 2.79 bits per heavy atom. The van der Waals surface area contributed by atoms with Crippen molar-refractivity contribution >= 4 is 6.03 Å².